The molecule has 0 radical (unpaired) electrons. The van der Waals surface area contributed by atoms with Crippen molar-refractivity contribution in [2.75, 3.05) is 193 Å². The molecule has 132 heavy (non-hydrogen) atoms. The standard InChI is InChI=1S/C29H39N5O2.C25H39N3O4.C21H33N5.C20H31N3O2.C9H9BrN2.ClH/c1-23-19-26-27(11-13-30-28(26)31(23)2)33-16-12-25(20-33)21-34(18-17-32-14-7-4-8-15-32)29(35)36-22-24-9-5-3-6-10-24;1-25(2,3)32-24(30)27-15-12-22(18-27)19-28(17-16-26-13-8-5-9-14-26)23(29)31-20-21-10-6-4-7-11-21;1-17-14-19-20(6-8-23-21(19)24(17)2)26-12-7-18(16-26)15-22-9-13-25-10-4-3-5-11-25;24-20(25-17-18-7-3-1-4-8-18)23(16-19-9-10-21-15-19)14-13-22-11-5-2-6-12-22;1-6-5-7-8(10)3-4-11-9(7)12(6)2;/h3,5-6,9-11,13,19,25H,4,7-8,12,14-18,20-22H2,1-2H3;4,6-7,10-11,22H,5,8-9,12-20H2,1-3H3;6,8,14,18,22H,3-5,7,9-13,15-16H2,1-2H3;1,3-4,7-8,19,21H,2,5-6,9-17H2;3-5H,1-2H3;1H. The number of fused-ring (bicyclic) bond motifs is 3. The van der Waals surface area contributed by atoms with Gasteiger partial charge in [0, 0.05) is 200 Å². The molecule has 0 bridgehead atoms. The number of aryl methyl sites for hydroxylation is 6. The summed E-state index contributed by atoms with van der Waals surface area (Å²) in [5.74, 6) is 1.95. The van der Waals surface area contributed by atoms with Crippen molar-refractivity contribution in [2.45, 2.75) is 170 Å². The fourth-order valence-corrected chi connectivity index (χ4v) is 19.9. The average molecular weight is 1900 g/mol. The SMILES string of the molecule is CC(C)(C)OC(=O)N1CCC(CN(CCN2CCCCC2)C(=O)OCc2ccccc2)C1.Cc1cc2c(Br)ccnc2n1C.Cc1cc2c(N3CCC(CN(CCN4CCCCC4)C(=O)OCc4ccccc4)C3)ccnc2n1C.Cc1cc2c(N3CCC(CNCCN4CCCCC4)C3)ccnc2n1C.Cl.O=C(OCc1ccccc1)N(CCN1CCCCC1)CC1CCNC1. The number of aromatic nitrogens is 6. The summed E-state index contributed by atoms with van der Waals surface area (Å²) in [6, 6.07) is 42.5. The summed E-state index contributed by atoms with van der Waals surface area (Å²) < 4.78 is 30.0. The van der Waals surface area contributed by atoms with Gasteiger partial charge in [0.25, 0.3) is 0 Å². The highest BCUT2D eigenvalue weighted by molar-refractivity contribution is 9.10. The number of ether oxygens (including phenoxy) is 4. The zero-order valence-corrected chi connectivity index (χ0v) is 83.0. The first-order chi connectivity index (χ1) is 63.6. The maximum Gasteiger partial charge on any atom is 0.410 e. The number of hydrogen-bond donors (Lipinski definition) is 2. The lowest BCUT2D eigenvalue weighted by Gasteiger charge is -2.31. The van der Waals surface area contributed by atoms with E-state index < -0.39 is 5.60 Å². The topological polar surface area (TPSA) is 215 Å². The molecular weight excluding hydrogens is 1740 g/mol. The molecule has 3 aromatic carbocycles. The van der Waals surface area contributed by atoms with Gasteiger partial charge in [0.05, 0.1) is 0 Å². The second-order valence-electron chi connectivity index (χ2n) is 38.6. The van der Waals surface area contributed by atoms with Crippen LogP contribution in [-0.4, -0.2) is 281 Å². The van der Waals surface area contributed by atoms with E-state index in [4.69, 9.17) is 18.9 Å². The van der Waals surface area contributed by atoms with Crippen molar-refractivity contribution in [1.82, 2.24) is 78.5 Å². The summed E-state index contributed by atoms with van der Waals surface area (Å²) in [5, 5.41) is 10.8. The van der Waals surface area contributed by atoms with Crippen LogP contribution >= 0.6 is 28.3 Å². The molecule has 2 N–H and O–H groups in total. The molecule has 720 valence electrons. The Morgan fingerprint density at radius 1 is 0.439 bits per heavy atom. The largest absolute Gasteiger partial charge is 0.445 e. The molecule has 0 aliphatic carbocycles. The maximum absolute atomic E-state index is 13.2. The van der Waals surface area contributed by atoms with Gasteiger partial charge in [-0.1, -0.05) is 117 Å². The van der Waals surface area contributed by atoms with Crippen molar-refractivity contribution in [2.24, 2.45) is 44.8 Å². The van der Waals surface area contributed by atoms with Crippen LogP contribution in [0.15, 0.2) is 150 Å². The van der Waals surface area contributed by atoms with E-state index in [1.54, 1.807) is 4.90 Å². The van der Waals surface area contributed by atoms with Crippen LogP contribution in [-0.2, 0) is 59.9 Å². The number of carbonyl (C=O) groups excluding carboxylic acids is 4. The number of nitrogens with zero attached hydrogens (tertiary/aromatic N) is 16. The molecule has 8 aliphatic rings. The van der Waals surface area contributed by atoms with E-state index in [-0.39, 0.29) is 49.3 Å². The molecule has 8 saturated heterocycles. The lowest BCUT2D eigenvalue weighted by Crippen LogP contribution is -2.43. The van der Waals surface area contributed by atoms with Gasteiger partial charge in [-0.25, -0.2) is 34.1 Å². The van der Waals surface area contributed by atoms with E-state index in [0.29, 0.717) is 51.2 Å². The van der Waals surface area contributed by atoms with Gasteiger partial charge < -0.3 is 92.3 Å². The number of pyridine rings is 3. The molecule has 17 rings (SSSR count). The highest BCUT2D eigenvalue weighted by atomic mass is 79.9. The fourth-order valence-electron chi connectivity index (χ4n) is 19.5. The minimum Gasteiger partial charge on any atom is -0.445 e. The second kappa shape index (κ2) is 52.1. The van der Waals surface area contributed by atoms with E-state index in [1.807, 2.05) is 158 Å². The van der Waals surface area contributed by atoms with E-state index in [9.17, 15) is 19.2 Å². The van der Waals surface area contributed by atoms with E-state index >= 15 is 0 Å². The Morgan fingerprint density at radius 2 is 0.803 bits per heavy atom. The molecule has 0 saturated carbocycles. The first-order valence-electron chi connectivity index (χ1n) is 49.2. The van der Waals surface area contributed by atoms with Gasteiger partial charge in [0.1, 0.15) is 42.4 Å². The second-order valence-corrected chi connectivity index (χ2v) is 39.5. The first-order valence-corrected chi connectivity index (χ1v) is 49.9. The van der Waals surface area contributed by atoms with Gasteiger partial charge in [-0.05, 0) is 283 Å². The van der Waals surface area contributed by atoms with Crippen LogP contribution in [0.1, 0.15) is 157 Å². The molecule has 4 amide bonds. The molecule has 28 heteroatoms. The highest BCUT2D eigenvalue weighted by Gasteiger charge is 2.35. The molecule has 4 atom stereocenters. The predicted molar refractivity (Wildman–Crippen MR) is 537 cm³/mol. The van der Waals surface area contributed by atoms with Crippen LogP contribution in [0, 0.1) is 44.4 Å². The quantitative estimate of drug-likeness (QED) is 0.0344. The Kier molecular flexibility index (Phi) is 40.3. The van der Waals surface area contributed by atoms with Crippen LogP contribution in [0.3, 0.4) is 0 Å². The van der Waals surface area contributed by atoms with Gasteiger partial charge in [-0.15, -0.1) is 12.4 Å². The zero-order chi connectivity index (χ0) is 91.9. The van der Waals surface area contributed by atoms with Crippen molar-refractivity contribution in [3.05, 3.63) is 184 Å². The number of rotatable bonds is 28. The molecular formula is C104H152BrClN18O8. The number of benzene rings is 3. The molecule has 0 spiro atoms. The number of nitrogens with one attached hydrogen (secondary N) is 2. The molecule has 14 heterocycles. The number of likely N-dealkylation sites (tertiary alicyclic amines) is 5. The summed E-state index contributed by atoms with van der Waals surface area (Å²) in [6.45, 7) is 40.4. The van der Waals surface area contributed by atoms with Gasteiger partial charge in [-0.2, -0.15) is 0 Å². The van der Waals surface area contributed by atoms with Gasteiger partial charge >= 0.3 is 24.4 Å². The van der Waals surface area contributed by atoms with Crippen LogP contribution in [0.5, 0.6) is 0 Å². The van der Waals surface area contributed by atoms with Gasteiger partial charge in [0.15, 0.2) is 0 Å². The molecule has 6 aromatic heterocycles. The summed E-state index contributed by atoms with van der Waals surface area (Å²) in [5.41, 5.74) is 12.0. The maximum atomic E-state index is 13.2. The third kappa shape index (κ3) is 31.0. The summed E-state index contributed by atoms with van der Waals surface area (Å²) in [7, 11) is 6.20. The average Bonchev–Trinajstić information content (AvgIpc) is 1.64. The van der Waals surface area contributed by atoms with Crippen LogP contribution in [0.2, 0.25) is 0 Å². The predicted octanol–water partition coefficient (Wildman–Crippen LogP) is 17.8. The fraction of sp³-hybridized carbons (Fsp3) is 0.587. The molecule has 9 aromatic rings. The van der Waals surface area contributed by atoms with Crippen LogP contribution in [0.4, 0.5) is 30.6 Å². The van der Waals surface area contributed by atoms with Crippen molar-refractivity contribution >= 4 is 97.2 Å². The summed E-state index contributed by atoms with van der Waals surface area (Å²) >= 11 is 3.49. The third-order valence-electron chi connectivity index (χ3n) is 27.5. The number of halogens is 2. The number of hydrogen-bond acceptors (Lipinski definition) is 19. The van der Waals surface area contributed by atoms with Crippen LogP contribution < -0.4 is 20.4 Å². The molecule has 8 fully saturated rings. The number of anilines is 2. The first kappa shape index (κ1) is 102. The molecule has 8 aliphatic heterocycles. The Hall–Kier alpha value is -9.06. The van der Waals surface area contributed by atoms with Gasteiger partial charge in [-0.3, -0.25) is 0 Å². The van der Waals surface area contributed by atoms with E-state index in [2.05, 4.69) is 150 Å². The van der Waals surface area contributed by atoms with Crippen molar-refractivity contribution in [1.29, 1.82) is 0 Å². The van der Waals surface area contributed by atoms with Gasteiger partial charge in [0.2, 0.25) is 0 Å². The van der Waals surface area contributed by atoms with Crippen molar-refractivity contribution in [3.8, 4) is 0 Å². The van der Waals surface area contributed by atoms with E-state index in [0.717, 1.165) is 201 Å². The highest BCUT2D eigenvalue weighted by Crippen LogP contribution is 2.35. The summed E-state index contributed by atoms with van der Waals surface area (Å²) in [6.07, 6.45) is 24.8. The summed E-state index contributed by atoms with van der Waals surface area (Å²) in [4.78, 5) is 87.2. The smallest absolute Gasteiger partial charge is 0.410 e. The Morgan fingerprint density at radius 3 is 1.20 bits per heavy atom. The minimum absolute atomic E-state index is 0. The van der Waals surface area contributed by atoms with Crippen molar-refractivity contribution in [3.63, 3.8) is 0 Å². The van der Waals surface area contributed by atoms with Crippen LogP contribution in [0.25, 0.3) is 33.1 Å². The normalized spacial score (nSPS) is 19.1. The molecule has 4 unspecified atom stereocenters. The lowest BCUT2D eigenvalue weighted by molar-refractivity contribution is 0.0284. The third-order valence-corrected chi connectivity index (χ3v) is 28.2. The lowest BCUT2D eigenvalue weighted by atomic mass is 10.1. The Balaban J connectivity index is 0.000000153. The number of amides is 4. The number of carbonyl (C=O) groups is 4. The Bertz CT molecular complexity index is 4970. The van der Waals surface area contributed by atoms with E-state index in [1.165, 1.54) is 148 Å². The monoisotopic (exact) mass is 1900 g/mol. The Labute approximate surface area is 800 Å². The molecule has 26 nitrogen and oxygen atoms in total. The zero-order valence-electron chi connectivity index (χ0n) is 80.6. The van der Waals surface area contributed by atoms with Crippen molar-refractivity contribution < 1.29 is 38.1 Å². The number of piperidine rings is 4. The minimum atomic E-state index is -0.503.